The van der Waals surface area contributed by atoms with Crippen molar-refractivity contribution in [2.24, 2.45) is 5.92 Å². The molecule has 1 aromatic rings. The molecule has 3 atom stereocenters. The van der Waals surface area contributed by atoms with Crippen LogP contribution >= 0.6 is 0 Å². The van der Waals surface area contributed by atoms with E-state index in [1.54, 1.807) is 23.1 Å². The number of halogens is 1. The van der Waals surface area contributed by atoms with Gasteiger partial charge in [0.2, 0.25) is 0 Å². The Labute approximate surface area is 173 Å². The summed E-state index contributed by atoms with van der Waals surface area (Å²) in [5, 5.41) is 3.86. The van der Waals surface area contributed by atoms with E-state index >= 15 is 0 Å². The second-order valence-electron chi connectivity index (χ2n) is 8.98. The molecule has 0 spiro atoms. The first-order valence-corrected chi connectivity index (χ1v) is 11.2. The lowest BCUT2D eigenvalue weighted by molar-refractivity contribution is 0.0476. The number of nitrogens with one attached hydrogen (secondary N) is 1. The van der Waals surface area contributed by atoms with Crippen LogP contribution in [0.15, 0.2) is 24.3 Å². The van der Waals surface area contributed by atoms with Crippen LogP contribution in [-0.2, 0) is 4.74 Å². The molecule has 3 aliphatic rings. The standard InChI is InChI=1S/C23H34FN3O2/c1-17-15-26(16-19-5-4-14-29-19)11-10-22(17)25-18-8-12-27(13-9-18)23(28)20-6-2-3-7-21(20)24/h2-3,6-7,17-19,22,25H,4-5,8-16H2,1H3/t17-,19-,22-/m1/s1. The minimum Gasteiger partial charge on any atom is -0.377 e. The highest BCUT2D eigenvalue weighted by Gasteiger charge is 2.31. The Bertz CT molecular complexity index is 686. The van der Waals surface area contributed by atoms with Crippen LogP contribution in [0.3, 0.4) is 0 Å². The molecule has 3 heterocycles. The van der Waals surface area contributed by atoms with Gasteiger partial charge in [-0.15, -0.1) is 0 Å². The van der Waals surface area contributed by atoms with Crippen molar-refractivity contribution in [3.8, 4) is 0 Å². The normalized spacial score (nSPS) is 29.3. The number of amides is 1. The van der Waals surface area contributed by atoms with Gasteiger partial charge in [0.15, 0.2) is 0 Å². The molecular weight excluding hydrogens is 369 g/mol. The van der Waals surface area contributed by atoms with Gasteiger partial charge in [-0.1, -0.05) is 19.1 Å². The summed E-state index contributed by atoms with van der Waals surface area (Å²) in [5.41, 5.74) is 0.186. The molecule has 3 aliphatic heterocycles. The van der Waals surface area contributed by atoms with Gasteiger partial charge < -0.3 is 19.9 Å². The number of likely N-dealkylation sites (tertiary alicyclic amines) is 2. The molecule has 1 amide bonds. The van der Waals surface area contributed by atoms with E-state index in [0.717, 1.165) is 39.1 Å². The molecule has 6 heteroatoms. The molecule has 160 valence electrons. The Hall–Kier alpha value is -1.50. The van der Waals surface area contributed by atoms with Crippen LogP contribution in [0.1, 0.15) is 49.4 Å². The summed E-state index contributed by atoms with van der Waals surface area (Å²) in [5.74, 6) is 0.00178. The molecule has 0 radical (unpaired) electrons. The lowest BCUT2D eigenvalue weighted by Gasteiger charge is -2.41. The second-order valence-corrected chi connectivity index (χ2v) is 8.98. The number of hydrogen-bond donors (Lipinski definition) is 1. The number of carbonyl (C=O) groups excluding carboxylic acids is 1. The van der Waals surface area contributed by atoms with Crippen molar-refractivity contribution in [1.82, 2.24) is 15.1 Å². The van der Waals surface area contributed by atoms with Crippen LogP contribution in [0.4, 0.5) is 4.39 Å². The van der Waals surface area contributed by atoms with Crippen molar-refractivity contribution >= 4 is 5.91 Å². The van der Waals surface area contributed by atoms with Gasteiger partial charge in [-0.25, -0.2) is 4.39 Å². The van der Waals surface area contributed by atoms with Crippen LogP contribution in [0.2, 0.25) is 0 Å². The molecule has 1 N–H and O–H groups in total. The van der Waals surface area contributed by atoms with E-state index in [4.69, 9.17) is 4.74 Å². The fraction of sp³-hybridized carbons (Fsp3) is 0.696. The van der Waals surface area contributed by atoms with Gasteiger partial charge in [0.25, 0.3) is 5.91 Å². The lowest BCUT2D eigenvalue weighted by Crippen LogP contribution is -2.54. The van der Waals surface area contributed by atoms with Crippen molar-refractivity contribution in [2.45, 2.75) is 57.2 Å². The van der Waals surface area contributed by atoms with Gasteiger partial charge in [0, 0.05) is 44.9 Å². The SMILES string of the molecule is C[C@@H]1CN(C[C@H]2CCCO2)CC[C@H]1NC1CCN(C(=O)c2ccccc2F)CC1. The van der Waals surface area contributed by atoms with Crippen LogP contribution in [0.5, 0.6) is 0 Å². The smallest absolute Gasteiger partial charge is 0.256 e. The molecule has 3 fully saturated rings. The highest BCUT2D eigenvalue weighted by atomic mass is 19.1. The maximum absolute atomic E-state index is 13.9. The third-order valence-electron chi connectivity index (χ3n) is 6.81. The van der Waals surface area contributed by atoms with Crippen LogP contribution < -0.4 is 5.32 Å². The van der Waals surface area contributed by atoms with Crippen molar-refractivity contribution in [3.05, 3.63) is 35.6 Å². The van der Waals surface area contributed by atoms with Gasteiger partial charge in [-0.05, 0) is 56.7 Å². The van der Waals surface area contributed by atoms with E-state index in [2.05, 4.69) is 17.1 Å². The zero-order chi connectivity index (χ0) is 20.2. The van der Waals surface area contributed by atoms with Crippen molar-refractivity contribution < 1.29 is 13.9 Å². The molecule has 1 aromatic carbocycles. The quantitative estimate of drug-likeness (QED) is 0.821. The highest BCUT2D eigenvalue weighted by molar-refractivity contribution is 5.94. The van der Waals surface area contributed by atoms with Gasteiger partial charge in [0.05, 0.1) is 11.7 Å². The minimum atomic E-state index is -0.429. The molecule has 3 saturated heterocycles. The minimum absolute atomic E-state index is 0.183. The van der Waals surface area contributed by atoms with Crippen molar-refractivity contribution in [1.29, 1.82) is 0 Å². The van der Waals surface area contributed by atoms with Crippen LogP contribution in [-0.4, -0.2) is 73.2 Å². The number of nitrogens with zero attached hydrogens (tertiary/aromatic N) is 2. The van der Waals surface area contributed by atoms with Gasteiger partial charge in [-0.3, -0.25) is 4.79 Å². The molecule has 0 aromatic heterocycles. The molecule has 0 unspecified atom stereocenters. The van der Waals surface area contributed by atoms with Crippen molar-refractivity contribution in [3.63, 3.8) is 0 Å². The van der Waals surface area contributed by atoms with E-state index in [0.29, 0.717) is 37.2 Å². The Morgan fingerprint density at radius 3 is 2.66 bits per heavy atom. The summed E-state index contributed by atoms with van der Waals surface area (Å²) < 4.78 is 19.7. The molecule has 0 bridgehead atoms. The number of ether oxygens (including phenoxy) is 1. The third kappa shape index (κ3) is 5.16. The summed E-state index contributed by atoms with van der Waals surface area (Å²) >= 11 is 0. The fourth-order valence-corrected chi connectivity index (χ4v) is 5.08. The average molecular weight is 404 g/mol. The summed E-state index contributed by atoms with van der Waals surface area (Å²) in [4.78, 5) is 17.0. The van der Waals surface area contributed by atoms with Gasteiger partial charge in [-0.2, -0.15) is 0 Å². The Balaban J connectivity index is 1.22. The zero-order valence-electron chi connectivity index (χ0n) is 17.5. The maximum Gasteiger partial charge on any atom is 0.256 e. The predicted molar refractivity (Wildman–Crippen MR) is 111 cm³/mol. The first-order chi connectivity index (χ1) is 14.1. The number of rotatable bonds is 5. The number of hydrogen-bond acceptors (Lipinski definition) is 4. The van der Waals surface area contributed by atoms with E-state index in [-0.39, 0.29) is 11.5 Å². The molecule has 29 heavy (non-hydrogen) atoms. The summed E-state index contributed by atoms with van der Waals surface area (Å²) in [6.07, 6.45) is 5.88. The van der Waals surface area contributed by atoms with Gasteiger partial charge >= 0.3 is 0 Å². The molecular formula is C23H34FN3O2. The molecule has 5 nitrogen and oxygen atoms in total. The van der Waals surface area contributed by atoms with E-state index in [1.165, 1.54) is 25.3 Å². The summed E-state index contributed by atoms with van der Waals surface area (Å²) in [7, 11) is 0. The fourth-order valence-electron chi connectivity index (χ4n) is 5.08. The Morgan fingerprint density at radius 1 is 1.17 bits per heavy atom. The first-order valence-electron chi connectivity index (χ1n) is 11.2. The first kappa shape index (κ1) is 20.8. The summed E-state index contributed by atoms with van der Waals surface area (Å²) in [6.45, 7) is 7.99. The Morgan fingerprint density at radius 2 is 1.97 bits per heavy atom. The average Bonchev–Trinajstić information content (AvgIpc) is 3.23. The lowest BCUT2D eigenvalue weighted by atomic mass is 9.91. The molecule has 4 rings (SSSR count). The van der Waals surface area contributed by atoms with E-state index in [9.17, 15) is 9.18 Å². The summed E-state index contributed by atoms with van der Waals surface area (Å²) in [6, 6.07) is 7.25. The van der Waals surface area contributed by atoms with Crippen LogP contribution in [0.25, 0.3) is 0 Å². The number of benzene rings is 1. The number of carbonyl (C=O) groups is 1. The maximum atomic E-state index is 13.9. The largest absolute Gasteiger partial charge is 0.377 e. The topological polar surface area (TPSA) is 44.8 Å². The van der Waals surface area contributed by atoms with E-state index in [1.807, 2.05) is 0 Å². The molecule has 0 aliphatic carbocycles. The predicted octanol–water partition coefficient (Wildman–Crippen LogP) is 2.91. The van der Waals surface area contributed by atoms with E-state index < -0.39 is 5.82 Å². The van der Waals surface area contributed by atoms with Crippen molar-refractivity contribution in [2.75, 3.05) is 39.3 Å². The Kier molecular flexibility index (Phi) is 6.83. The molecule has 0 saturated carbocycles. The van der Waals surface area contributed by atoms with Crippen LogP contribution in [0, 0.1) is 11.7 Å². The zero-order valence-corrected chi connectivity index (χ0v) is 17.5. The second kappa shape index (κ2) is 9.54. The number of piperidine rings is 2. The third-order valence-corrected chi connectivity index (χ3v) is 6.81. The monoisotopic (exact) mass is 403 g/mol. The van der Waals surface area contributed by atoms with Gasteiger partial charge in [0.1, 0.15) is 5.82 Å². The highest BCUT2D eigenvalue weighted by Crippen LogP contribution is 2.23.